The Morgan fingerprint density at radius 3 is 2.53 bits per heavy atom. The van der Waals surface area contributed by atoms with E-state index in [4.69, 9.17) is 4.74 Å². The largest absolute Gasteiger partial charge is 0.462 e. The maximum atomic E-state index is 10.5. The minimum absolute atomic E-state index is 0.218. The predicted molar refractivity (Wildman–Crippen MR) is 60.6 cm³/mol. The number of nitrogens with one attached hydrogen (secondary N) is 1. The first-order valence-electron chi connectivity index (χ1n) is 5.48. The van der Waals surface area contributed by atoms with Crippen molar-refractivity contribution in [1.82, 2.24) is 5.32 Å². The molecule has 0 bridgehead atoms. The van der Waals surface area contributed by atoms with E-state index in [0.29, 0.717) is 18.2 Å². The quantitative estimate of drug-likeness (QED) is 0.430. The Hall–Kier alpha value is -0.830. The van der Waals surface area contributed by atoms with Gasteiger partial charge in [0, 0.05) is 18.5 Å². The molecular weight excluding hydrogens is 190 g/mol. The van der Waals surface area contributed by atoms with Crippen molar-refractivity contribution in [3.8, 4) is 0 Å². The van der Waals surface area contributed by atoms with Crippen LogP contribution in [-0.2, 0) is 9.53 Å². The van der Waals surface area contributed by atoms with Crippen LogP contribution in [0, 0.1) is 0 Å². The molecule has 3 heteroatoms. The Morgan fingerprint density at radius 1 is 1.47 bits per heavy atom. The van der Waals surface area contributed by atoms with Crippen LogP contribution in [0.25, 0.3) is 0 Å². The van der Waals surface area contributed by atoms with E-state index in [1.54, 1.807) is 0 Å². The number of hydrogen-bond donors (Lipinski definition) is 1. The monoisotopic (exact) mass is 211 g/mol. The lowest BCUT2D eigenvalue weighted by molar-refractivity contribution is -0.139. The Bertz CT molecular complexity index is 269. The lowest BCUT2D eigenvalue weighted by Crippen LogP contribution is -2.03. The molecule has 1 atom stereocenters. The van der Waals surface area contributed by atoms with Gasteiger partial charge in [0.1, 0.15) is 6.61 Å². The van der Waals surface area contributed by atoms with Gasteiger partial charge in [-0.2, -0.15) is 0 Å². The molecule has 1 saturated heterocycles. The van der Waals surface area contributed by atoms with Crippen molar-refractivity contribution in [2.45, 2.75) is 52.1 Å². The summed E-state index contributed by atoms with van der Waals surface area (Å²) >= 11 is 0. The number of ether oxygens (including phenoxy) is 1. The second-order valence-electron chi connectivity index (χ2n) is 4.81. The molecule has 86 valence electrons. The smallest absolute Gasteiger partial charge is 0.302 e. The fourth-order valence-corrected chi connectivity index (χ4v) is 1.62. The number of carbonyl (C=O) groups excluding carboxylic acids is 1. The standard InChI is InChI=1S/C12H21NO2/c1-9(7-8-15-10(2)14)5-6-11-12(3,4)13-11/h7,11,13H,5-6,8H2,1-4H3/b9-7+/t11-/m0/s1. The van der Waals surface area contributed by atoms with Crippen molar-refractivity contribution in [2.24, 2.45) is 0 Å². The summed E-state index contributed by atoms with van der Waals surface area (Å²) in [5, 5.41) is 3.43. The average molecular weight is 211 g/mol. The number of rotatable bonds is 5. The van der Waals surface area contributed by atoms with Crippen LogP contribution in [0.2, 0.25) is 0 Å². The van der Waals surface area contributed by atoms with Crippen LogP contribution in [0.5, 0.6) is 0 Å². The first-order valence-corrected chi connectivity index (χ1v) is 5.48. The van der Waals surface area contributed by atoms with Gasteiger partial charge in [0.2, 0.25) is 0 Å². The van der Waals surface area contributed by atoms with Gasteiger partial charge in [-0.3, -0.25) is 4.79 Å². The molecule has 0 radical (unpaired) electrons. The molecule has 1 N–H and O–H groups in total. The van der Waals surface area contributed by atoms with Gasteiger partial charge in [-0.15, -0.1) is 0 Å². The van der Waals surface area contributed by atoms with Crippen molar-refractivity contribution in [3.05, 3.63) is 11.6 Å². The highest BCUT2D eigenvalue weighted by Crippen LogP contribution is 2.29. The lowest BCUT2D eigenvalue weighted by Gasteiger charge is -2.02. The van der Waals surface area contributed by atoms with Crippen LogP contribution >= 0.6 is 0 Å². The molecular formula is C12H21NO2. The van der Waals surface area contributed by atoms with Crippen molar-refractivity contribution in [3.63, 3.8) is 0 Å². The maximum Gasteiger partial charge on any atom is 0.302 e. The number of allylic oxidation sites excluding steroid dienone is 1. The fraction of sp³-hybridized carbons (Fsp3) is 0.750. The molecule has 0 amide bonds. The molecule has 15 heavy (non-hydrogen) atoms. The molecule has 0 saturated carbocycles. The van der Waals surface area contributed by atoms with E-state index in [9.17, 15) is 4.79 Å². The van der Waals surface area contributed by atoms with Crippen LogP contribution in [-0.4, -0.2) is 24.2 Å². The zero-order valence-electron chi connectivity index (χ0n) is 10.1. The molecule has 0 aromatic rings. The van der Waals surface area contributed by atoms with E-state index in [1.165, 1.54) is 12.5 Å². The number of carbonyl (C=O) groups is 1. The van der Waals surface area contributed by atoms with Gasteiger partial charge in [0.05, 0.1) is 0 Å². The summed E-state index contributed by atoms with van der Waals surface area (Å²) in [6.45, 7) is 8.35. The Morgan fingerprint density at radius 2 is 2.07 bits per heavy atom. The zero-order valence-corrected chi connectivity index (χ0v) is 10.1. The van der Waals surface area contributed by atoms with Crippen molar-refractivity contribution >= 4 is 5.97 Å². The van der Waals surface area contributed by atoms with E-state index < -0.39 is 0 Å². The predicted octanol–water partition coefficient (Wildman–Crippen LogP) is 2.03. The summed E-state index contributed by atoms with van der Waals surface area (Å²) in [6, 6.07) is 0.648. The summed E-state index contributed by atoms with van der Waals surface area (Å²) in [7, 11) is 0. The Labute approximate surface area is 91.9 Å². The van der Waals surface area contributed by atoms with Gasteiger partial charge in [-0.1, -0.05) is 5.57 Å². The third-order valence-corrected chi connectivity index (χ3v) is 2.88. The van der Waals surface area contributed by atoms with Crippen molar-refractivity contribution in [2.75, 3.05) is 6.61 Å². The fourth-order valence-electron chi connectivity index (χ4n) is 1.62. The normalized spacial score (nSPS) is 23.7. The van der Waals surface area contributed by atoms with Crippen LogP contribution in [0.15, 0.2) is 11.6 Å². The van der Waals surface area contributed by atoms with Gasteiger partial charge < -0.3 is 10.1 Å². The second kappa shape index (κ2) is 4.79. The van der Waals surface area contributed by atoms with Crippen LogP contribution in [0.1, 0.15) is 40.5 Å². The van der Waals surface area contributed by atoms with Crippen molar-refractivity contribution < 1.29 is 9.53 Å². The van der Waals surface area contributed by atoms with Crippen LogP contribution in [0.3, 0.4) is 0 Å². The highest BCUT2D eigenvalue weighted by Gasteiger charge is 2.43. The Balaban J connectivity index is 2.13. The van der Waals surface area contributed by atoms with Crippen LogP contribution < -0.4 is 5.32 Å². The average Bonchev–Trinajstić information content (AvgIpc) is 2.70. The van der Waals surface area contributed by atoms with Gasteiger partial charge in [0.25, 0.3) is 0 Å². The second-order valence-corrected chi connectivity index (χ2v) is 4.81. The minimum Gasteiger partial charge on any atom is -0.462 e. The summed E-state index contributed by atoms with van der Waals surface area (Å²) < 4.78 is 4.84. The molecule has 0 spiro atoms. The van der Waals surface area contributed by atoms with E-state index in [-0.39, 0.29) is 5.97 Å². The SMILES string of the molecule is CC(=O)OC/C=C(\C)CC[C@@H]1NC1(C)C. The third kappa shape index (κ3) is 4.47. The topological polar surface area (TPSA) is 48.2 Å². The molecule has 0 aromatic carbocycles. The number of esters is 1. The summed E-state index contributed by atoms with van der Waals surface area (Å²) in [6.07, 6.45) is 4.22. The molecule has 1 aliphatic rings. The van der Waals surface area contributed by atoms with Gasteiger partial charge >= 0.3 is 5.97 Å². The van der Waals surface area contributed by atoms with Gasteiger partial charge in [-0.05, 0) is 39.7 Å². The first-order chi connectivity index (χ1) is 6.92. The highest BCUT2D eigenvalue weighted by molar-refractivity contribution is 5.66. The van der Waals surface area contributed by atoms with Gasteiger partial charge in [-0.25, -0.2) is 0 Å². The molecule has 1 fully saturated rings. The summed E-state index contributed by atoms with van der Waals surface area (Å²) in [5.74, 6) is -0.218. The minimum atomic E-state index is -0.218. The third-order valence-electron chi connectivity index (χ3n) is 2.88. The maximum absolute atomic E-state index is 10.5. The Kier molecular flexibility index (Phi) is 3.91. The van der Waals surface area contributed by atoms with Crippen LogP contribution in [0.4, 0.5) is 0 Å². The van der Waals surface area contributed by atoms with E-state index in [1.807, 2.05) is 6.08 Å². The molecule has 0 aromatic heterocycles. The molecule has 1 rings (SSSR count). The van der Waals surface area contributed by atoms with E-state index in [2.05, 4.69) is 26.1 Å². The van der Waals surface area contributed by atoms with E-state index >= 15 is 0 Å². The van der Waals surface area contributed by atoms with E-state index in [0.717, 1.165) is 12.8 Å². The molecule has 3 nitrogen and oxygen atoms in total. The van der Waals surface area contributed by atoms with Crippen molar-refractivity contribution in [1.29, 1.82) is 0 Å². The summed E-state index contributed by atoms with van der Waals surface area (Å²) in [5.41, 5.74) is 1.62. The molecule has 0 aliphatic carbocycles. The molecule has 1 heterocycles. The molecule has 0 unspecified atom stereocenters. The highest BCUT2D eigenvalue weighted by atomic mass is 16.5. The van der Waals surface area contributed by atoms with Gasteiger partial charge in [0.15, 0.2) is 0 Å². The molecule has 1 aliphatic heterocycles. The zero-order chi connectivity index (χ0) is 11.5. The number of hydrogen-bond acceptors (Lipinski definition) is 3. The first kappa shape index (κ1) is 12.2. The lowest BCUT2D eigenvalue weighted by atomic mass is 10.0. The summed E-state index contributed by atoms with van der Waals surface area (Å²) in [4.78, 5) is 10.5.